The van der Waals surface area contributed by atoms with E-state index in [0.29, 0.717) is 24.0 Å². The molecule has 0 saturated carbocycles. The fourth-order valence-electron chi connectivity index (χ4n) is 1.23. The molecule has 74 valence electrons. The zero-order valence-electron chi connectivity index (χ0n) is 7.64. The van der Waals surface area contributed by atoms with Crippen molar-refractivity contribution >= 4 is 17.8 Å². The predicted molar refractivity (Wildman–Crippen MR) is 51.4 cm³/mol. The van der Waals surface area contributed by atoms with Crippen molar-refractivity contribution in [2.24, 2.45) is 5.16 Å². The minimum absolute atomic E-state index is 0.0836. The van der Waals surface area contributed by atoms with Crippen molar-refractivity contribution in [2.75, 3.05) is 0 Å². The van der Waals surface area contributed by atoms with Crippen LogP contribution in [0.3, 0.4) is 0 Å². The lowest BCUT2D eigenvalue weighted by molar-refractivity contribution is -0.121. The topological polar surface area (TPSA) is 66.7 Å². The lowest BCUT2D eigenvalue weighted by Gasteiger charge is -2.08. The smallest absolute Gasteiger partial charge is 0.144 e. The Morgan fingerprint density at radius 1 is 1.64 bits per heavy atom. The fourth-order valence-corrected chi connectivity index (χ4v) is 1.23. The third-order valence-corrected chi connectivity index (χ3v) is 1.93. The molecule has 0 fully saturated rings. The first-order valence-electron chi connectivity index (χ1n) is 4.30. The molecule has 0 atom stereocenters. The molecule has 0 radical (unpaired) electrons. The van der Waals surface area contributed by atoms with Crippen molar-refractivity contribution in [3.05, 3.63) is 23.8 Å². The van der Waals surface area contributed by atoms with E-state index < -0.39 is 0 Å². The van der Waals surface area contributed by atoms with Gasteiger partial charge in [-0.05, 0) is 5.57 Å². The summed E-state index contributed by atoms with van der Waals surface area (Å²) in [5.74, 6) is -0.164. The van der Waals surface area contributed by atoms with Crippen molar-refractivity contribution in [1.29, 1.82) is 0 Å². The van der Waals surface area contributed by atoms with Gasteiger partial charge < -0.3 is 10.0 Å². The van der Waals surface area contributed by atoms with Gasteiger partial charge in [-0.2, -0.15) is 0 Å². The fraction of sp³-hybridized carbons (Fsp3) is 0.300. The van der Waals surface area contributed by atoms with Gasteiger partial charge in [-0.1, -0.05) is 23.4 Å². The third kappa shape index (κ3) is 2.65. The van der Waals surface area contributed by atoms with E-state index >= 15 is 0 Å². The average molecular weight is 193 g/mol. The van der Waals surface area contributed by atoms with Crippen LogP contribution >= 0.6 is 0 Å². The molecule has 1 aliphatic rings. The second-order valence-electron chi connectivity index (χ2n) is 2.96. The lowest BCUT2D eigenvalue weighted by atomic mass is 9.97. The number of carbonyl (C=O) groups excluding carboxylic acids is 2. The van der Waals surface area contributed by atoms with Gasteiger partial charge in [0.25, 0.3) is 0 Å². The summed E-state index contributed by atoms with van der Waals surface area (Å²) in [7, 11) is 0. The van der Waals surface area contributed by atoms with E-state index in [1.807, 2.05) is 6.08 Å². The summed E-state index contributed by atoms with van der Waals surface area (Å²) in [6, 6.07) is 0. The summed E-state index contributed by atoms with van der Waals surface area (Å²) >= 11 is 0. The van der Waals surface area contributed by atoms with Crippen LogP contribution in [0.2, 0.25) is 0 Å². The molecule has 14 heavy (non-hydrogen) atoms. The highest BCUT2D eigenvalue weighted by atomic mass is 16.4. The molecule has 0 bridgehead atoms. The number of ketones is 1. The molecule has 1 rings (SSSR count). The molecule has 4 heteroatoms. The Bertz CT molecular complexity index is 326. The SMILES string of the molecule is O=CCC(=O)CC1=CC=CCC1=NO. The van der Waals surface area contributed by atoms with E-state index in [1.165, 1.54) is 0 Å². The summed E-state index contributed by atoms with van der Waals surface area (Å²) in [5, 5.41) is 11.7. The molecule has 0 heterocycles. The second kappa shape index (κ2) is 5.11. The maximum absolute atomic E-state index is 11.1. The summed E-state index contributed by atoms with van der Waals surface area (Å²) < 4.78 is 0. The standard InChI is InChI=1S/C10H11NO3/c12-6-5-9(13)7-8-3-1-2-4-10(8)11-14/h1-3,6,14H,4-5,7H2. The summed E-state index contributed by atoms with van der Waals surface area (Å²) in [6.45, 7) is 0. The molecule has 0 saturated heterocycles. The largest absolute Gasteiger partial charge is 0.411 e. The van der Waals surface area contributed by atoms with Crippen molar-refractivity contribution in [3.63, 3.8) is 0 Å². The Labute approximate surface area is 81.6 Å². The van der Waals surface area contributed by atoms with Gasteiger partial charge in [0.1, 0.15) is 12.1 Å². The lowest BCUT2D eigenvalue weighted by Crippen LogP contribution is -2.10. The maximum Gasteiger partial charge on any atom is 0.144 e. The Kier molecular flexibility index (Phi) is 3.79. The monoisotopic (exact) mass is 193 g/mol. The quantitative estimate of drug-likeness (QED) is 0.316. The van der Waals surface area contributed by atoms with E-state index in [-0.39, 0.29) is 18.6 Å². The van der Waals surface area contributed by atoms with Crippen molar-refractivity contribution in [3.8, 4) is 0 Å². The van der Waals surface area contributed by atoms with Gasteiger partial charge in [-0.25, -0.2) is 0 Å². The molecular weight excluding hydrogens is 182 g/mol. The Morgan fingerprint density at radius 3 is 3.07 bits per heavy atom. The molecule has 0 spiro atoms. The zero-order valence-corrected chi connectivity index (χ0v) is 7.64. The molecule has 1 N–H and O–H groups in total. The van der Waals surface area contributed by atoms with Crippen LogP contribution in [0.25, 0.3) is 0 Å². The molecule has 0 aliphatic heterocycles. The normalized spacial score (nSPS) is 18.0. The highest BCUT2D eigenvalue weighted by Gasteiger charge is 2.12. The highest BCUT2D eigenvalue weighted by molar-refractivity contribution is 6.06. The van der Waals surface area contributed by atoms with E-state index in [2.05, 4.69) is 5.16 Å². The van der Waals surface area contributed by atoms with Crippen LogP contribution in [0.15, 0.2) is 29.0 Å². The molecule has 0 aromatic carbocycles. The van der Waals surface area contributed by atoms with Crippen molar-refractivity contribution in [1.82, 2.24) is 0 Å². The molecule has 4 nitrogen and oxygen atoms in total. The van der Waals surface area contributed by atoms with Gasteiger partial charge in [0.2, 0.25) is 0 Å². The maximum atomic E-state index is 11.1. The second-order valence-corrected chi connectivity index (χ2v) is 2.96. The number of hydrogen-bond acceptors (Lipinski definition) is 4. The van der Waals surface area contributed by atoms with E-state index in [4.69, 9.17) is 5.21 Å². The first kappa shape index (κ1) is 10.4. The van der Waals surface area contributed by atoms with Gasteiger partial charge in [-0.15, -0.1) is 0 Å². The Balaban J connectivity index is 2.66. The molecule has 0 amide bonds. The van der Waals surface area contributed by atoms with E-state index in [1.54, 1.807) is 12.2 Å². The van der Waals surface area contributed by atoms with Gasteiger partial charge in [0.15, 0.2) is 0 Å². The van der Waals surface area contributed by atoms with Crippen LogP contribution in [0.4, 0.5) is 0 Å². The van der Waals surface area contributed by atoms with E-state index in [0.717, 1.165) is 0 Å². The van der Waals surface area contributed by atoms with Crippen LogP contribution in [-0.4, -0.2) is 23.0 Å². The number of allylic oxidation sites excluding steroid dienone is 4. The first-order valence-corrected chi connectivity index (χ1v) is 4.30. The average Bonchev–Trinajstić information content (AvgIpc) is 2.19. The first-order chi connectivity index (χ1) is 6.77. The van der Waals surface area contributed by atoms with Crippen LogP contribution in [0, 0.1) is 0 Å². The van der Waals surface area contributed by atoms with Crippen molar-refractivity contribution in [2.45, 2.75) is 19.3 Å². The number of Topliss-reactive ketones (excluding diaryl/α,β-unsaturated/α-hetero) is 1. The number of nitrogens with zero attached hydrogens (tertiary/aromatic N) is 1. The number of rotatable bonds is 4. The third-order valence-electron chi connectivity index (χ3n) is 1.93. The number of carbonyl (C=O) groups is 2. The molecule has 0 aromatic rings. The minimum Gasteiger partial charge on any atom is -0.411 e. The number of oxime groups is 1. The van der Waals surface area contributed by atoms with Gasteiger partial charge >= 0.3 is 0 Å². The predicted octanol–water partition coefficient (Wildman–Crippen LogP) is 1.25. The van der Waals surface area contributed by atoms with E-state index in [9.17, 15) is 9.59 Å². The van der Waals surface area contributed by atoms with Crippen LogP contribution < -0.4 is 0 Å². The van der Waals surface area contributed by atoms with Gasteiger partial charge in [-0.3, -0.25) is 4.79 Å². The van der Waals surface area contributed by atoms with Crippen LogP contribution in [-0.2, 0) is 9.59 Å². The van der Waals surface area contributed by atoms with Gasteiger partial charge in [0, 0.05) is 12.8 Å². The molecule has 1 aliphatic carbocycles. The number of hydrogen-bond donors (Lipinski definition) is 1. The Hall–Kier alpha value is -1.71. The summed E-state index contributed by atoms with van der Waals surface area (Å²) in [5.41, 5.74) is 1.17. The zero-order chi connectivity index (χ0) is 10.4. The van der Waals surface area contributed by atoms with Gasteiger partial charge in [0.05, 0.1) is 12.1 Å². The van der Waals surface area contributed by atoms with Crippen LogP contribution in [0.5, 0.6) is 0 Å². The van der Waals surface area contributed by atoms with Crippen molar-refractivity contribution < 1.29 is 14.8 Å². The minimum atomic E-state index is -0.164. The summed E-state index contributed by atoms with van der Waals surface area (Å²) in [6.07, 6.45) is 6.54. The Morgan fingerprint density at radius 2 is 2.43 bits per heavy atom. The molecule has 0 aromatic heterocycles. The molecular formula is C10H11NO3. The highest BCUT2D eigenvalue weighted by Crippen LogP contribution is 2.14. The summed E-state index contributed by atoms with van der Waals surface area (Å²) in [4.78, 5) is 21.2. The van der Waals surface area contributed by atoms with Crippen LogP contribution in [0.1, 0.15) is 19.3 Å². The molecule has 0 unspecified atom stereocenters. The number of aldehydes is 1.